The largest absolute Gasteiger partial charge is 0.459 e. The molecule has 94 valence electrons. The molecule has 0 amide bonds. The van der Waals surface area contributed by atoms with Crippen molar-refractivity contribution in [1.29, 1.82) is 0 Å². The summed E-state index contributed by atoms with van der Waals surface area (Å²) >= 11 is 5.73. The predicted molar refractivity (Wildman–Crippen MR) is 63.4 cm³/mol. The average molecular weight is 278 g/mol. The number of primary sulfonamides is 1. The van der Waals surface area contributed by atoms with Crippen molar-refractivity contribution in [2.45, 2.75) is 24.8 Å². The third kappa shape index (κ3) is 3.42. The van der Waals surface area contributed by atoms with Gasteiger partial charge in [0.2, 0.25) is 10.0 Å². The summed E-state index contributed by atoms with van der Waals surface area (Å²) in [5.41, 5.74) is -0.159. The Morgan fingerprint density at radius 1 is 1.41 bits per heavy atom. The Labute approximate surface area is 105 Å². The van der Waals surface area contributed by atoms with E-state index in [2.05, 4.69) is 0 Å². The van der Waals surface area contributed by atoms with Crippen LogP contribution in [0.15, 0.2) is 23.1 Å². The number of halogens is 1. The van der Waals surface area contributed by atoms with Gasteiger partial charge in [-0.25, -0.2) is 18.4 Å². The van der Waals surface area contributed by atoms with Crippen LogP contribution in [0.5, 0.6) is 0 Å². The van der Waals surface area contributed by atoms with E-state index in [0.29, 0.717) is 0 Å². The van der Waals surface area contributed by atoms with E-state index in [-0.39, 0.29) is 16.7 Å². The van der Waals surface area contributed by atoms with Crippen LogP contribution in [0.3, 0.4) is 0 Å². The van der Waals surface area contributed by atoms with Gasteiger partial charge < -0.3 is 4.74 Å². The van der Waals surface area contributed by atoms with Crippen molar-refractivity contribution in [3.63, 3.8) is 0 Å². The van der Waals surface area contributed by atoms with E-state index in [1.54, 1.807) is 13.8 Å². The van der Waals surface area contributed by atoms with Gasteiger partial charge in [0, 0.05) is 0 Å². The minimum absolute atomic E-state index is 0.106. The lowest BCUT2D eigenvalue weighted by atomic mass is 10.2. The number of esters is 1. The van der Waals surface area contributed by atoms with Crippen LogP contribution in [-0.2, 0) is 14.8 Å². The number of hydrogen-bond donors (Lipinski definition) is 1. The molecular formula is C10H12ClNO4S. The summed E-state index contributed by atoms with van der Waals surface area (Å²) in [6, 6.07) is 4.09. The fourth-order valence-corrected chi connectivity index (χ4v) is 2.53. The lowest BCUT2D eigenvalue weighted by Crippen LogP contribution is -2.20. The Balaban J connectivity index is 3.35. The SMILES string of the molecule is CC(C)OC(=O)c1cccc(Cl)c1S(N)(=O)=O. The van der Waals surface area contributed by atoms with Gasteiger partial charge in [0.05, 0.1) is 16.7 Å². The molecule has 7 heteroatoms. The van der Waals surface area contributed by atoms with Gasteiger partial charge in [-0.1, -0.05) is 17.7 Å². The molecule has 0 saturated heterocycles. The molecule has 0 radical (unpaired) electrons. The molecule has 0 bridgehead atoms. The first-order valence-corrected chi connectivity index (χ1v) is 6.68. The summed E-state index contributed by atoms with van der Waals surface area (Å²) in [7, 11) is -4.08. The van der Waals surface area contributed by atoms with Gasteiger partial charge in [-0.2, -0.15) is 0 Å². The van der Waals surface area contributed by atoms with Gasteiger partial charge in [0.1, 0.15) is 4.90 Å². The van der Waals surface area contributed by atoms with E-state index in [4.69, 9.17) is 21.5 Å². The number of carbonyl (C=O) groups is 1. The summed E-state index contributed by atoms with van der Waals surface area (Å²) in [6.45, 7) is 3.30. The molecule has 0 aliphatic heterocycles. The second kappa shape index (κ2) is 5.03. The van der Waals surface area contributed by atoms with E-state index in [1.165, 1.54) is 18.2 Å². The zero-order chi connectivity index (χ0) is 13.2. The molecule has 0 unspecified atom stereocenters. The summed E-state index contributed by atoms with van der Waals surface area (Å²) in [5.74, 6) is -0.772. The third-order valence-corrected chi connectivity index (χ3v) is 3.25. The first kappa shape index (κ1) is 14.0. The first-order chi connectivity index (χ1) is 7.73. The number of benzene rings is 1. The van der Waals surface area contributed by atoms with E-state index >= 15 is 0 Å². The predicted octanol–water partition coefficient (Wildman–Crippen LogP) is 1.55. The monoisotopic (exact) mass is 277 g/mol. The van der Waals surface area contributed by atoms with Crippen molar-refractivity contribution in [1.82, 2.24) is 0 Å². The Morgan fingerprint density at radius 3 is 2.47 bits per heavy atom. The summed E-state index contributed by atoms with van der Waals surface area (Å²) in [6.07, 6.45) is -0.366. The molecular weight excluding hydrogens is 266 g/mol. The van der Waals surface area contributed by atoms with Crippen molar-refractivity contribution in [2.24, 2.45) is 5.14 Å². The molecule has 0 atom stereocenters. The van der Waals surface area contributed by atoms with Gasteiger partial charge >= 0.3 is 5.97 Å². The van der Waals surface area contributed by atoms with Crippen LogP contribution < -0.4 is 5.14 Å². The maximum absolute atomic E-state index is 11.7. The fraction of sp³-hybridized carbons (Fsp3) is 0.300. The van der Waals surface area contributed by atoms with Gasteiger partial charge in [-0.05, 0) is 26.0 Å². The van der Waals surface area contributed by atoms with Crippen molar-refractivity contribution >= 4 is 27.6 Å². The summed E-state index contributed by atoms with van der Waals surface area (Å²) in [5, 5.41) is 4.90. The smallest absolute Gasteiger partial charge is 0.339 e. The number of hydrogen-bond acceptors (Lipinski definition) is 4. The van der Waals surface area contributed by atoms with Crippen LogP contribution in [0.4, 0.5) is 0 Å². The zero-order valence-corrected chi connectivity index (χ0v) is 10.9. The Hall–Kier alpha value is -1.11. The highest BCUT2D eigenvalue weighted by Crippen LogP contribution is 2.24. The molecule has 0 aliphatic carbocycles. The van der Waals surface area contributed by atoms with Crippen LogP contribution >= 0.6 is 11.6 Å². The standard InChI is InChI=1S/C10H12ClNO4S/c1-6(2)16-10(13)7-4-3-5-8(11)9(7)17(12,14)15/h3-6H,1-2H3,(H2,12,14,15). The Morgan fingerprint density at radius 2 is 2.00 bits per heavy atom. The fourth-order valence-electron chi connectivity index (χ4n) is 1.24. The number of ether oxygens (including phenoxy) is 1. The Kier molecular flexibility index (Phi) is 4.13. The number of sulfonamides is 1. The minimum Gasteiger partial charge on any atom is -0.459 e. The van der Waals surface area contributed by atoms with E-state index < -0.39 is 20.9 Å². The Bertz CT molecular complexity index is 539. The molecule has 1 aromatic carbocycles. The highest BCUT2D eigenvalue weighted by molar-refractivity contribution is 7.89. The lowest BCUT2D eigenvalue weighted by molar-refractivity contribution is 0.0373. The highest BCUT2D eigenvalue weighted by atomic mass is 35.5. The second-order valence-electron chi connectivity index (χ2n) is 3.62. The van der Waals surface area contributed by atoms with Crippen molar-refractivity contribution in [3.05, 3.63) is 28.8 Å². The second-order valence-corrected chi connectivity index (χ2v) is 5.52. The van der Waals surface area contributed by atoms with Crippen molar-refractivity contribution in [3.8, 4) is 0 Å². The molecule has 0 spiro atoms. The molecule has 0 aliphatic rings. The molecule has 2 N–H and O–H groups in total. The minimum atomic E-state index is -4.08. The normalized spacial score (nSPS) is 11.6. The zero-order valence-electron chi connectivity index (χ0n) is 9.31. The van der Waals surface area contributed by atoms with E-state index in [1.807, 2.05) is 0 Å². The maximum Gasteiger partial charge on any atom is 0.339 e. The average Bonchev–Trinajstić information content (AvgIpc) is 2.14. The molecule has 1 aromatic rings. The van der Waals surface area contributed by atoms with Crippen molar-refractivity contribution < 1.29 is 17.9 Å². The van der Waals surface area contributed by atoms with Crippen LogP contribution in [0.25, 0.3) is 0 Å². The first-order valence-electron chi connectivity index (χ1n) is 4.75. The van der Waals surface area contributed by atoms with Crippen molar-refractivity contribution in [2.75, 3.05) is 0 Å². The van der Waals surface area contributed by atoms with Crippen LogP contribution in [0, 0.1) is 0 Å². The van der Waals surface area contributed by atoms with E-state index in [0.717, 1.165) is 0 Å². The topological polar surface area (TPSA) is 86.5 Å². The van der Waals surface area contributed by atoms with Gasteiger partial charge in [-0.15, -0.1) is 0 Å². The van der Waals surface area contributed by atoms with Crippen LogP contribution in [0.1, 0.15) is 24.2 Å². The molecule has 0 fully saturated rings. The highest BCUT2D eigenvalue weighted by Gasteiger charge is 2.23. The molecule has 0 aromatic heterocycles. The third-order valence-electron chi connectivity index (χ3n) is 1.81. The maximum atomic E-state index is 11.7. The van der Waals surface area contributed by atoms with Gasteiger partial charge in [0.15, 0.2) is 0 Å². The molecule has 17 heavy (non-hydrogen) atoms. The van der Waals surface area contributed by atoms with E-state index in [9.17, 15) is 13.2 Å². The quantitative estimate of drug-likeness (QED) is 0.849. The summed E-state index contributed by atoms with van der Waals surface area (Å²) < 4.78 is 27.6. The number of carbonyl (C=O) groups excluding carboxylic acids is 1. The molecule has 0 saturated carbocycles. The molecule has 5 nitrogen and oxygen atoms in total. The van der Waals surface area contributed by atoms with Gasteiger partial charge in [-0.3, -0.25) is 0 Å². The number of rotatable bonds is 3. The lowest BCUT2D eigenvalue weighted by Gasteiger charge is -2.11. The summed E-state index contributed by atoms with van der Waals surface area (Å²) in [4.78, 5) is 11.3. The van der Waals surface area contributed by atoms with Crippen LogP contribution in [0.2, 0.25) is 5.02 Å². The van der Waals surface area contributed by atoms with Crippen LogP contribution in [-0.4, -0.2) is 20.5 Å². The number of nitrogens with two attached hydrogens (primary N) is 1. The molecule has 0 heterocycles. The van der Waals surface area contributed by atoms with Gasteiger partial charge in [0.25, 0.3) is 0 Å². The molecule has 1 rings (SSSR count).